The number of hydrogen-bond donors (Lipinski definition) is 0. The van der Waals surface area contributed by atoms with E-state index >= 15 is 0 Å². The number of carbonyl (C=O) groups is 3. The van der Waals surface area contributed by atoms with Gasteiger partial charge in [0.2, 0.25) is 0 Å². The first-order valence-electron chi connectivity index (χ1n) is 11.1. The zero-order valence-electron chi connectivity index (χ0n) is 18.1. The molecule has 1 aliphatic heterocycles. The average molecular weight is 507 g/mol. The van der Waals surface area contributed by atoms with E-state index in [1.165, 1.54) is 11.0 Å². The summed E-state index contributed by atoms with van der Waals surface area (Å²) in [7, 11) is 0. The first kappa shape index (κ1) is 23.9. The van der Waals surface area contributed by atoms with Gasteiger partial charge >= 0.3 is 179 Å². The van der Waals surface area contributed by atoms with Gasteiger partial charge in [-0.05, 0) is 0 Å². The van der Waals surface area contributed by atoms with Gasteiger partial charge in [0.05, 0.1) is 0 Å². The summed E-state index contributed by atoms with van der Waals surface area (Å²) in [5.41, 5.74) is 0.357. The van der Waals surface area contributed by atoms with Crippen LogP contribution < -0.4 is 13.6 Å². The molecule has 1 saturated heterocycles. The molecule has 160 valence electrons. The number of unbranched alkanes of at least 4 members (excludes halogenated alkanes) is 3. The van der Waals surface area contributed by atoms with Crippen LogP contribution in [0.2, 0.25) is 13.3 Å². The Labute approximate surface area is 178 Å². The third kappa shape index (κ3) is 5.41. The molecular formula is C23H34NO4Sn-. The SMILES string of the molecule is CCC[CH2][Sn]([CH2]CCC)([CH2]CCC)[c]1cccc(C(=O)[O-])c1N1C(=O)CCC1=O. The minimum absolute atomic E-state index is 0.00308. The molecule has 0 saturated carbocycles. The molecule has 0 aromatic heterocycles. The normalized spacial score (nSPS) is 14.7. The van der Waals surface area contributed by atoms with Gasteiger partial charge in [-0.25, -0.2) is 0 Å². The van der Waals surface area contributed by atoms with E-state index in [2.05, 4.69) is 20.8 Å². The van der Waals surface area contributed by atoms with Crippen LogP contribution in [0, 0.1) is 0 Å². The standard InChI is InChI=1S/C11H8NO4.3C4H9.Sn/c13-9-5-6-10(14)12(9)8-4-2-1-3-7(8)11(15)16;3*1-3-4-2;/h1-3H,5-6H2,(H,15,16);3*1,3-4H2,2H3;/p-1. The summed E-state index contributed by atoms with van der Waals surface area (Å²) in [5.74, 6) is -1.88. The van der Waals surface area contributed by atoms with Crippen molar-refractivity contribution in [2.45, 2.75) is 85.4 Å². The average Bonchev–Trinajstić information content (AvgIpc) is 3.05. The number of carboxylic acids is 1. The maximum absolute atomic E-state index is 12.6. The van der Waals surface area contributed by atoms with E-state index in [1.54, 1.807) is 6.07 Å². The van der Waals surface area contributed by atoms with Gasteiger partial charge in [0, 0.05) is 0 Å². The Kier molecular flexibility index (Phi) is 9.18. The summed E-state index contributed by atoms with van der Waals surface area (Å²) in [4.78, 5) is 38.3. The van der Waals surface area contributed by atoms with Crippen LogP contribution in [-0.2, 0) is 9.59 Å². The van der Waals surface area contributed by atoms with Crippen LogP contribution in [0.5, 0.6) is 0 Å². The number of benzene rings is 1. The number of anilines is 1. The van der Waals surface area contributed by atoms with Crippen LogP contribution in [0.1, 0.15) is 82.5 Å². The van der Waals surface area contributed by atoms with Crippen molar-refractivity contribution in [3.8, 4) is 0 Å². The number of rotatable bonds is 12. The van der Waals surface area contributed by atoms with Crippen molar-refractivity contribution in [2.75, 3.05) is 4.90 Å². The van der Waals surface area contributed by atoms with E-state index in [1.807, 2.05) is 6.07 Å². The van der Waals surface area contributed by atoms with Gasteiger partial charge in [0.1, 0.15) is 0 Å². The maximum atomic E-state index is 12.6. The van der Waals surface area contributed by atoms with Crippen molar-refractivity contribution in [3.05, 3.63) is 23.8 Å². The quantitative estimate of drug-likeness (QED) is 0.319. The van der Waals surface area contributed by atoms with Crippen molar-refractivity contribution in [1.82, 2.24) is 0 Å². The summed E-state index contributed by atoms with van der Waals surface area (Å²) in [6.45, 7) is 6.55. The molecule has 2 rings (SSSR count). The first-order valence-corrected chi connectivity index (χ1v) is 18.6. The summed E-state index contributed by atoms with van der Waals surface area (Å²) in [6, 6.07) is 5.30. The van der Waals surface area contributed by atoms with E-state index in [4.69, 9.17) is 0 Å². The molecular weight excluding hydrogens is 473 g/mol. The summed E-state index contributed by atoms with van der Waals surface area (Å²) < 4.78 is 4.43. The van der Waals surface area contributed by atoms with Crippen LogP contribution >= 0.6 is 0 Å². The Bertz CT molecular complexity index is 709. The van der Waals surface area contributed by atoms with Crippen LogP contribution in [0.25, 0.3) is 0 Å². The Morgan fingerprint density at radius 2 is 1.41 bits per heavy atom. The van der Waals surface area contributed by atoms with Crippen molar-refractivity contribution in [1.29, 1.82) is 0 Å². The van der Waals surface area contributed by atoms with Crippen LogP contribution in [-0.4, -0.2) is 36.2 Å². The number of carboxylic acid groups (broad SMARTS) is 1. The van der Waals surface area contributed by atoms with Gasteiger partial charge in [0.25, 0.3) is 0 Å². The van der Waals surface area contributed by atoms with E-state index in [-0.39, 0.29) is 30.2 Å². The number of carbonyl (C=O) groups excluding carboxylic acids is 3. The third-order valence-corrected chi connectivity index (χ3v) is 21.8. The molecule has 0 spiro atoms. The second-order valence-corrected chi connectivity index (χ2v) is 21.3. The predicted octanol–water partition coefficient (Wildman–Crippen LogP) is 3.76. The molecule has 29 heavy (non-hydrogen) atoms. The molecule has 0 N–H and O–H groups in total. The van der Waals surface area contributed by atoms with Gasteiger partial charge in [-0.15, -0.1) is 0 Å². The Hall–Kier alpha value is -1.37. The van der Waals surface area contributed by atoms with Crippen molar-refractivity contribution >= 4 is 45.4 Å². The van der Waals surface area contributed by atoms with Crippen LogP contribution in [0.3, 0.4) is 0 Å². The van der Waals surface area contributed by atoms with Crippen molar-refractivity contribution in [3.63, 3.8) is 0 Å². The molecule has 2 amide bonds. The fourth-order valence-corrected chi connectivity index (χ4v) is 21.2. The zero-order chi connectivity index (χ0) is 21.4. The van der Waals surface area contributed by atoms with E-state index in [0.29, 0.717) is 5.69 Å². The van der Waals surface area contributed by atoms with Crippen LogP contribution in [0.15, 0.2) is 18.2 Å². The Morgan fingerprint density at radius 1 is 0.931 bits per heavy atom. The zero-order valence-corrected chi connectivity index (χ0v) is 20.9. The van der Waals surface area contributed by atoms with Gasteiger partial charge in [-0.2, -0.15) is 0 Å². The van der Waals surface area contributed by atoms with Crippen molar-refractivity contribution < 1.29 is 19.5 Å². The van der Waals surface area contributed by atoms with Gasteiger partial charge < -0.3 is 0 Å². The molecule has 1 aliphatic rings. The topological polar surface area (TPSA) is 77.5 Å². The predicted molar refractivity (Wildman–Crippen MR) is 117 cm³/mol. The number of nitrogens with zero attached hydrogens (tertiary/aromatic N) is 1. The summed E-state index contributed by atoms with van der Waals surface area (Å²) in [6.07, 6.45) is 6.92. The molecule has 0 unspecified atom stereocenters. The second-order valence-electron chi connectivity index (χ2n) is 8.20. The summed E-state index contributed by atoms with van der Waals surface area (Å²) in [5, 5.41) is 12.0. The molecule has 0 atom stereocenters. The Balaban J connectivity index is 2.73. The molecule has 1 fully saturated rings. The molecule has 5 nitrogen and oxygen atoms in total. The monoisotopic (exact) mass is 508 g/mol. The van der Waals surface area contributed by atoms with Crippen LogP contribution in [0.4, 0.5) is 5.69 Å². The minimum atomic E-state index is -3.08. The number of imide groups is 1. The first-order chi connectivity index (χ1) is 13.9. The molecule has 0 radical (unpaired) electrons. The second kappa shape index (κ2) is 11.1. The molecule has 0 bridgehead atoms. The Morgan fingerprint density at radius 3 is 1.83 bits per heavy atom. The number of para-hydroxylation sites is 1. The fourth-order valence-electron chi connectivity index (χ4n) is 4.53. The molecule has 1 heterocycles. The fraction of sp³-hybridized carbons (Fsp3) is 0.609. The summed E-state index contributed by atoms with van der Waals surface area (Å²) >= 11 is -3.08. The molecule has 6 heteroatoms. The molecule has 1 aromatic carbocycles. The third-order valence-electron chi connectivity index (χ3n) is 6.13. The number of amides is 2. The van der Waals surface area contributed by atoms with E-state index in [9.17, 15) is 19.5 Å². The number of hydrogen-bond acceptors (Lipinski definition) is 4. The molecule has 1 aromatic rings. The van der Waals surface area contributed by atoms with E-state index in [0.717, 1.165) is 55.4 Å². The number of aromatic carboxylic acids is 1. The van der Waals surface area contributed by atoms with Gasteiger partial charge in [0.15, 0.2) is 0 Å². The van der Waals surface area contributed by atoms with Crippen molar-refractivity contribution in [2.24, 2.45) is 0 Å². The van der Waals surface area contributed by atoms with E-state index < -0.39 is 24.3 Å². The van der Waals surface area contributed by atoms with Gasteiger partial charge in [-0.3, -0.25) is 0 Å². The molecule has 0 aliphatic carbocycles. The van der Waals surface area contributed by atoms with Gasteiger partial charge in [-0.1, -0.05) is 0 Å².